The van der Waals surface area contributed by atoms with Crippen LogP contribution in [0.1, 0.15) is 57.9 Å². The van der Waals surface area contributed by atoms with Gasteiger partial charge in [-0.3, -0.25) is 4.79 Å². The lowest BCUT2D eigenvalue weighted by molar-refractivity contribution is -0.121. The van der Waals surface area contributed by atoms with Gasteiger partial charge in [0.1, 0.15) is 0 Å². The monoisotopic (exact) mass is 337 g/mol. The Morgan fingerprint density at radius 2 is 1.65 bits per heavy atom. The number of carbonyl (C=O) groups excluding carboxylic acids is 1. The zero-order valence-corrected chi connectivity index (χ0v) is 14.9. The molecule has 0 radical (unpaired) electrons. The van der Waals surface area contributed by atoms with E-state index in [0.29, 0.717) is 17.4 Å². The van der Waals surface area contributed by atoms with Crippen molar-refractivity contribution in [1.82, 2.24) is 5.32 Å². The highest BCUT2D eigenvalue weighted by Crippen LogP contribution is 2.18. The van der Waals surface area contributed by atoms with Crippen LogP contribution in [0.15, 0.2) is 29.2 Å². The van der Waals surface area contributed by atoms with E-state index in [9.17, 15) is 13.2 Å². The normalized spacial score (nSPS) is 17.0. The summed E-state index contributed by atoms with van der Waals surface area (Å²) < 4.78 is 24.2. The Hall–Kier alpha value is -1.36. The molecule has 0 saturated heterocycles. The fourth-order valence-electron chi connectivity index (χ4n) is 2.96. The summed E-state index contributed by atoms with van der Waals surface area (Å²) in [5.74, 6) is 0.0244. The molecular weight excluding hydrogens is 310 g/mol. The molecule has 4 nitrogen and oxygen atoms in total. The van der Waals surface area contributed by atoms with Gasteiger partial charge < -0.3 is 5.32 Å². The molecular formula is C18H27NO3S. The Morgan fingerprint density at radius 3 is 2.17 bits per heavy atom. The van der Waals surface area contributed by atoms with E-state index < -0.39 is 15.1 Å². The number of carbonyl (C=O) groups is 1. The smallest absolute Gasteiger partial charge is 0.224 e. The highest BCUT2D eigenvalue weighted by Gasteiger charge is 2.19. The van der Waals surface area contributed by atoms with Crippen LogP contribution in [0.3, 0.4) is 0 Å². The summed E-state index contributed by atoms with van der Waals surface area (Å²) in [6.07, 6.45) is 7.34. The van der Waals surface area contributed by atoms with Crippen LogP contribution in [0, 0.1) is 0 Å². The average molecular weight is 337 g/mol. The molecule has 1 aliphatic carbocycles. The molecule has 23 heavy (non-hydrogen) atoms. The van der Waals surface area contributed by atoms with E-state index in [0.717, 1.165) is 18.4 Å². The van der Waals surface area contributed by atoms with Crippen molar-refractivity contribution in [2.45, 2.75) is 75.0 Å². The van der Waals surface area contributed by atoms with Crippen molar-refractivity contribution in [2.75, 3.05) is 0 Å². The third-order valence-corrected chi connectivity index (χ3v) is 6.63. The Bertz CT molecular complexity index is 612. The van der Waals surface area contributed by atoms with E-state index in [1.165, 1.54) is 25.7 Å². The first-order valence-electron chi connectivity index (χ1n) is 8.52. The third-order valence-electron chi connectivity index (χ3n) is 4.46. The van der Waals surface area contributed by atoms with E-state index in [4.69, 9.17) is 0 Å². The second kappa shape index (κ2) is 7.95. The van der Waals surface area contributed by atoms with Crippen molar-refractivity contribution < 1.29 is 13.2 Å². The molecule has 1 N–H and O–H groups in total. The van der Waals surface area contributed by atoms with E-state index in [1.807, 2.05) is 0 Å². The molecule has 128 valence electrons. The van der Waals surface area contributed by atoms with Gasteiger partial charge in [-0.05, 0) is 44.4 Å². The summed E-state index contributed by atoms with van der Waals surface area (Å²) in [5.41, 5.74) is 0.846. The fourth-order valence-corrected chi connectivity index (χ4v) is 4.02. The molecule has 0 heterocycles. The maximum atomic E-state index is 12.2. The topological polar surface area (TPSA) is 63.2 Å². The molecule has 0 spiro atoms. The zero-order chi connectivity index (χ0) is 16.9. The summed E-state index contributed by atoms with van der Waals surface area (Å²) >= 11 is 0. The molecule has 1 fully saturated rings. The van der Waals surface area contributed by atoms with Crippen LogP contribution in [0.2, 0.25) is 0 Å². The molecule has 5 heteroatoms. The fraction of sp³-hybridized carbons (Fsp3) is 0.611. The summed E-state index contributed by atoms with van der Waals surface area (Å²) in [6, 6.07) is 6.97. The maximum absolute atomic E-state index is 12.2. The number of rotatable bonds is 5. The maximum Gasteiger partial charge on any atom is 0.224 e. The van der Waals surface area contributed by atoms with Gasteiger partial charge in [0.15, 0.2) is 9.84 Å². The number of amides is 1. The van der Waals surface area contributed by atoms with E-state index >= 15 is 0 Å². The van der Waals surface area contributed by atoms with Crippen LogP contribution < -0.4 is 5.32 Å². The van der Waals surface area contributed by atoms with Crippen LogP contribution in [0.5, 0.6) is 0 Å². The largest absolute Gasteiger partial charge is 0.353 e. The highest BCUT2D eigenvalue weighted by molar-refractivity contribution is 7.92. The molecule has 0 atom stereocenters. The van der Waals surface area contributed by atoms with Crippen LogP contribution in [-0.2, 0) is 21.1 Å². The van der Waals surface area contributed by atoms with Gasteiger partial charge in [-0.15, -0.1) is 0 Å². The summed E-state index contributed by atoms with van der Waals surface area (Å²) in [4.78, 5) is 12.5. The van der Waals surface area contributed by atoms with Crippen LogP contribution in [-0.4, -0.2) is 25.6 Å². The number of benzene rings is 1. The minimum absolute atomic E-state index is 0.0244. The predicted molar refractivity (Wildman–Crippen MR) is 92.1 cm³/mol. The van der Waals surface area contributed by atoms with Crippen LogP contribution in [0.25, 0.3) is 0 Å². The molecule has 1 saturated carbocycles. The first-order chi connectivity index (χ1) is 10.9. The molecule has 2 rings (SSSR count). The molecule has 0 unspecified atom stereocenters. The summed E-state index contributed by atoms with van der Waals surface area (Å²) in [5, 5.41) is 2.68. The van der Waals surface area contributed by atoms with Gasteiger partial charge in [0.25, 0.3) is 0 Å². The van der Waals surface area contributed by atoms with Crippen molar-refractivity contribution >= 4 is 15.7 Å². The van der Waals surface area contributed by atoms with Gasteiger partial charge in [-0.1, -0.05) is 37.8 Å². The van der Waals surface area contributed by atoms with E-state index in [1.54, 1.807) is 38.1 Å². The molecule has 0 aliphatic heterocycles. The highest BCUT2D eigenvalue weighted by atomic mass is 32.2. The average Bonchev–Trinajstić information content (AvgIpc) is 2.76. The Labute approximate surface area is 139 Å². The molecule has 1 amide bonds. The van der Waals surface area contributed by atoms with E-state index in [2.05, 4.69) is 5.32 Å². The van der Waals surface area contributed by atoms with Crippen molar-refractivity contribution in [3.8, 4) is 0 Å². The van der Waals surface area contributed by atoms with Gasteiger partial charge in [-0.2, -0.15) is 0 Å². The van der Waals surface area contributed by atoms with Gasteiger partial charge in [0.05, 0.1) is 16.6 Å². The molecule has 1 aromatic rings. The number of hydrogen-bond acceptors (Lipinski definition) is 3. The van der Waals surface area contributed by atoms with Crippen molar-refractivity contribution in [2.24, 2.45) is 0 Å². The quantitative estimate of drug-likeness (QED) is 0.839. The van der Waals surface area contributed by atoms with Crippen molar-refractivity contribution in [1.29, 1.82) is 0 Å². The minimum atomic E-state index is -3.25. The first-order valence-corrected chi connectivity index (χ1v) is 10.1. The second-order valence-corrected chi connectivity index (χ2v) is 9.17. The number of hydrogen-bond donors (Lipinski definition) is 1. The van der Waals surface area contributed by atoms with Crippen molar-refractivity contribution in [3.63, 3.8) is 0 Å². The number of sulfone groups is 1. The minimum Gasteiger partial charge on any atom is -0.353 e. The summed E-state index contributed by atoms with van der Waals surface area (Å²) in [6.45, 7) is 3.34. The van der Waals surface area contributed by atoms with Gasteiger partial charge in [0, 0.05) is 6.04 Å². The molecule has 1 aromatic carbocycles. The first kappa shape index (κ1) is 18.0. The van der Waals surface area contributed by atoms with E-state index in [-0.39, 0.29) is 5.91 Å². The Balaban J connectivity index is 1.94. The number of nitrogens with one attached hydrogen (secondary N) is 1. The van der Waals surface area contributed by atoms with Gasteiger partial charge >= 0.3 is 0 Å². The van der Waals surface area contributed by atoms with Crippen molar-refractivity contribution in [3.05, 3.63) is 29.8 Å². The SMILES string of the molecule is CC(C)S(=O)(=O)c1ccc(CC(=O)NC2CCCCCC2)cc1. The van der Waals surface area contributed by atoms with Gasteiger partial charge in [0.2, 0.25) is 5.91 Å². The zero-order valence-electron chi connectivity index (χ0n) is 14.0. The molecule has 1 aliphatic rings. The Morgan fingerprint density at radius 1 is 1.09 bits per heavy atom. The van der Waals surface area contributed by atoms with Crippen LogP contribution in [0.4, 0.5) is 0 Å². The third kappa shape index (κ3) is 5.06. The lowest BCUT2D eigenvalue weighted by Gasteiger charge is -2.16. The van der Waals surface area contributed by atoms with Crippen LogP contribution >= 0.6 is 0 Å². The molecule has 0 aromatic heterocycles. The lowest BCUT2D eigenvalue weighted by Crippen LogP contribution is -2.35. The Kier molecular flexibility index (Phi) is 6.22. The molecule has 0 bridgehead atoms. The summed E-state index contributed by atoms with van der Waals surface area (Å²) in [7, 11) is -3.25. The van der Waals surface area contributed by atoms with Gasteiger partial charge in [-0.25, -0.2) is 8.42 Å². The predicted octanol–water partition coefficient (Wildman–Crippen LogP) is 3.25. The second-order valence-electron chi connectivity index (χ2n) is 6.67. The lowest BCUT2D eigenvalue weighted by atomic mass is 10.1. The standard InChI is InChI=1S/C18H27NO3S/c1-14(2)23(21,22)17-11-9-15(10-12-17)13-18(20)19-16-7-5-3-4-6-8-16/h9-12,14,16H,3-8,13H2,1-2H3,(H,19,20).